The lowest BCUT2D eigenvalue weighted by Crippen LogP contribution is -2.36. The summed E-state index contributed by atoms with van der Waals surface area (Å²) in [5.41, 5.74) is 6.38. The minimum Gasteiger partial charge on any atom is -0.480 e. The molecular weight excluding hydrogens is 300 g/mol. The summed E-state index contributed by atoms with van der Waals surface area (Å²) in [6, 6.07) is 4.46. The number of hydrogen-bond donors (Lipinski definition) is 2. The molecule has 0 aromatic heterocycles. The first-order valence-electron chi connectivity index (χ1n) is 5.59. The number of carbonyl (C=O) groups is 2. The highest BCUT2D eigenvalue weighted by Crippen LogP contribution is 2.32. The lowest BCUT2D eigenvalue weighted by Gasteiger charge is -2.25. The molecule has 96 valence electrons. The lowest BCUT2D eigenvalue weighted by molar-refractivity contribution is -0.138. The molecule has 1 heterocycles. The van der Waals surface area contributed by atoms with E-state index in [-0.39, 0.29) is 0 Å². The van der Waals surface area contributed by atoms with Crippen LogP contribution in [-0.4, -0.2) is 29.6 Å². The Bertz CT molecular complexity index is 504. The second-order valence-corrected chi connectivity index (χ2v) is 5.07. The normalized spacial score (nSPS) is 18.9. The highest BCUT2D eigenvalue weighted by Gasteiger charge is 2.31. The van der Waals surface area contributed by atoms with Crippen LogP contribution in [-0.2, 0) is 4.79 Å². The number of carbonyl (C=O) groups excluding carboxylic acids is 1. The van der Waals surface area contributed by atoms with Crippen LogP contribution < -0.4 is 10.6 Å². The Morgan fingerprint density at radius 3 is 2.72 bits per heavy atom. The summed E-state index contributed by atoms with van der Waals surface area (Å²) in [7, 11) is 0. The van der Waals surface area contributed by atoms with Crippen molar-refractivity contribution >= 4 is 33.5 Å². The van der Waals surface area contributed by atoms with Crippen LogP contribution in [0.1, 0.15) is 23.2 Å². The number of amides is 1. The van der Waals surface area contributed by atoms with E-state index < -0.39 is 17.9 Å². The van der Waals surface area contributed by atoms with Crippen molar-refractivity contribution in [1.82, 2.24) is 0 Å². The number of carboxylic acid groups (broad SMARTS) is 1. The molecule has 1 aromatic rings. The van der Waals surface area contributed by atoms with Gasteiger partial charge in [-0.2, -0.15) is 0 Å². The van der Waals surface area contributed by atoms with E-state index in [1.165, 1.54) is 0 Å². The predicted octanol–water partition coefficient (Wildman–Crippen LogP) is 1.60. The summed E-state index contributed by atoms with van der Waals surface area (Å²) in [6.45, 7) is 0.700. The van der Waals surface area contributed by atoms with Crippen molar-refractivity contribution in [1.29, 1.82) is 0 Å². The van der Waals surface area contributed by atoms with Crippen LogP contribution in [0.5, 0.6) is 0 Å². The van der Waals surface area contributed by atoms with Gasteiger partial charge >= 0.3 is 5.97 Å². The van der Waals surface area contributed by atoms with Crippen LogP contribution in [0.15, 0.2) is 22.7 Å². The van der Waals surface area contributed by atoms with E-state index >= 15 is 0 Å². The number of anilines is 1. The molecule has 18 heavy (non-hydrogen) atoms. The van der Waals surface area contributed by atoms with E-state index in [1.807, 2.05) is 4.90 Å². The van der Waals surface area contributed by atoms with Crippen LogP contribution in [0.3, 0.4) is 0 Å². The van der Waals surface area contributed by atoms with Gasteiger partial charge in [0, 0.05) is 16.6 Å². The maximum Gasteiger partial charge on any atom is 0.326 e. The SMILES string of the molecule is NC(=O)c1ccc(N2CCCC2C(=O)O)c(Br)c1. The van der Waals surface area contributed by atoms with E-state index in [0.29, 0.717) is 23.0 Å². The van der Waals surface area contributed by atoms with Gasteiger partial charge in [-0.05, 0) is 47.0 Å². The molecule has 2 rings (SSSR count). The van der Waals surface area contributed by atoms with E-state index in [4.69, 9.17) is 10.8 Å². The zero-order chi connectivity index (χ0) is 13.3. The molecule has 5 nitrogen and oxygen atoms in total. The fourth-order valence-electron chi connectivity index (χ4n) is 2.20. The van der Waals surface area contributed by atoms with Gasteiger partial charge in [0.15, 0.2) is 0 Å². The fourth-order valence-corrected chi connectivity index (χ4v) is 2.81. The number of carboxylic acids is 1. The molecule has 1 saturated heterocycles. The molecule has 1 unspecified atom stereocenters. The number of hydrogen-bond acceptors (Lipinski definition) is 3. The predicted molar refractivity (Wildman–Crippen MR) is 70.7 cm³/mol. The topological polar surface area (TPSA) is 83.6 Å². The molecular formula is C12H13BrN2O3. The number of halogens is 1. The lowest BCUT2D eigenvalue weighted by atomic mass is 10.1. The number of nitrogens with zero attached hydrogens (tertiary/aromatic N) is 1. The number of benzene rings is 1. The van der Waals surface area contributed by atoms with Gasteiger partial charge in [-0.3, -0.25) is 4.79 Å². The largest absolute Gasteiger partial charge is 0.480 e. The first-order valence-corrected chi connectivity index (χ1v) is 6.39. The maximum atomic E-state index is 11.1. The summed E-state index contributed by atoms with van der Waals surface area (Å²) < 4.78 is 0.687. The maximum absolute atomic E-state index is 11.1. The third kappa shape index (κ3) is 2.33. The number of primary amides is 1. The van der Waals surface area contributed by atoms with Crippen molar-refractivity contribution in [2.75, 3.05) is 11.4 Å². The zero-order valence-corrected chi connectivity index (χ0v) is 11.2. The molecule has 0 aliphatic carbocycles. The third-order valence-corrected chi connectivity index (χ3v) is 3.71. The summed E-state index contributed by atoms with van der Waals surface area (Å²) in [6.07, 6.45) is 1.49. The smallest absolute Gasteiger partial charge is 0.326 e. The van der Waals surface area contributed by atoms with Crippen molar-refractivity contribution in [3.63, 3.8) is 0 Å². The van der Waals surface area contributed by atoms with E-state index in [2.05, 4.69) is 15.9 Å². The number of aliphatic carboxylic acids is 1. The second-order valence-electron chi connectivity index (χ2n) is 4.22. The van der Waals surface area contributed by atoms with E-state index in [0.717, 1.165) is 12.1 Å². The molecule has 1 amide bonds. The molecule has 6 heteroatoms. The summed E-state index contributed by atoms with van der Waals surface area (Å²) in [5.74, 6) is -1.32. The second kappa shape index (κ2) is 4.97. The molecule has 0 radical (unpaired) electrons. The molecule has 1 aliphatic heterocycles. The van der Waals surface area contributed by atoms with Gasteiger partial charge < -0.3 is 15.7 Å². The highest BCUT2D eigenvalue weighted by atomic mass is 79.9. The molecule has 0 spiro atoms. The van der Waals surface area contributed by atoms with Crippen LogP contribution in [0.25, 0.3) is 0 Å². The average molecular weight is 313 g/mol. The van der Waals surface area contributed by atoms with Gasteiger partial charge in [0.05, 0.1) is 5.69 Å². The van der Waals surface area contributed by atoms with Crippen molar-refractivity contribution < 1.29 is 14.7 Å². The van der Waals surface area contributed by atoms with Crippen molar-refractivity contribution in [2.24, 2.45) is 5.73 Å². The van der Waals surface area contributed by atoms with Gasteiger partial charge in [0.1, 0.15) is 6.04 Å². The van der Waals surface area contributed by atoms with Crippen molar-refractivity contribution in [3.05, 3.63) is 28.2 Å². The molecule has 1 fully saturated rings. The van der Waals surface area contributed by atoms with E-state index in [1.54, 1.807) is 18.2 Å². The third-order valence-electron chi connectivity index (χ3n) is 3.08. The summed E-state index contributed by atoms with van der Waals surface area (Å²) in [4.78, 5) is 24.0. The minimum atomic E-state index is -0.821. The van der Waals surface area contributed by atoms with Gasteiger partial charge in [0.25, 0.3) is 0 Å². The van der Waals surface area contributed by atoms with Crippen molar-refractivity contribution in [3.8, 4) is 0 Å². The molecule has 1 aromatic carbocycles. The Balaban J connectivity index is 2.33. The Hall–Kier alpha value is -1.56. The quantitative estimate of drug-likeness (QED) is 0.888. The number of nitrogens with two attached hydrogens (primary N) is 1. The highest BCUT2D eigenvalue weighted by molar-refractivity contribution is 9.10. The Kier molecular flexibility index (Phi) is 3.56. The summed E-state index contributed by atoms with van der Waals surface area (Å²) in [5, 5.41) is 9.15. The van der Waals surface area contributed by atoms with Crippen LogP contribution in [0.2, 0.25) is 0 Å². The average Bonchev–Trinajstić information content (AvgIpc) is 2.77. The van der Waals surface area contributed by atoms with Crippen molar-refractivity contribution in [2.45, 2.75) is 18.9 Å². The van der Waals surface area contributed by atoms with Gasteiger partial charge in [-0.1, -0.05) is 0 Å². The molecule has 0 bridgehead atoms. The zero-order valence-electron chi connectivity index (χ0n) is 9.60. The number of rotatable bonds is 3. The Labute approximate surface area is 113 Å². The van der Waals surface area contributed by atoms with Gasteiger partial charge in [-0.25, -0.2) is 4.79 Å². The van der Waals surface area contributed by atoms with Crippen LogP contribution in [0.4, 0.5) is 5.69 Å². The van der Waals surface area contributed by atoms with E-state index in [9.17, 15) is 9.59 Å². The van der Waals surface area contributed by atoms with Gasteiger partial charge in [0.2, 0.25) is 5.91 Å². The molecule has 1 atom stereocenters. The summed E-state index contributed by atoms with van der Waals surface area (Å²) >= 11 is 3.36. The monoisotopic (exact) mass is 312 g/mol. The fraction of sp³-hybridized carbons (Fsp3) is 0.333. The Morgan fingerprint density at radius 2 is 2.17 bits per heavy atom. The first-order chi connectivity index (χ1) is 8.50. The molecule has 1 aliphatic rings. The standard InChI is InChI=1S/C12H13BrN2O3/c13-8-6-7(11(14)16)3-4-9(8)15-5-1-2-10(15)12(17)18/h3-4,6,10H,1-2,5H2,(H2,14,16)(H,17,18). The van der Waals surface area contributed by atoms with Crippen LogP contribution in [0, 0.1) is 0 Å². The molecule has 3 N–H and O–H groups in total. The Morgan fingerprint density at radius 1 is 1.44 bits per heavy atom. The van der Waals surface area contributed by atoms with Gasteiger partial charge in [-0.15, -0.1) is 0 Å². The first kappa shape index (κ1) is 12.9. The minimum absolute atomic E-state index is 0.400. The van der Waals surface area contributed by atoms with Crippen LogP contribution >= 0.6 is 15.9 Å². The molecule has 0 saturated carbocycles.